The standard InChI is InChI=1S/C21H20N2O6/c1-14(20(25)23-21(26)22-16-5-3-2-4-6-16)29-19(24)10-8-15-7-9-17-18(13-15)28-12-11-27-17/h2-10,13-14H,11-12H2,1H3,(H2,22,23,25,26)/b10-8+. The van der Waals surface area contributed by atoms with E-state index in [1.54, 1.807) is 48.5 Å². The van der Waals surface area contributed by atoms with Crippen molar-refractivity contribution in [2.75, 3.05) is 18.5 Å². The molecule has 1 heterocycles. The summed E-state index contributed by atoms with van der Waals surface area (Å²) in [6.45, 7) is 2.34. The van der Waals surface area contributed by atoms with Crippen LogP contribution in [0.5, 0.6) is 11.5 Å². The average molecular weight is 396 g/mol. The number of fused-ring (bicyclic) bond motifs is 1. The Balaban J connectivity index is 1.48. The van der Waals surface area contributed by atoms with Crippen molar-refractivity contribution in [2.45, 2.75) is 13.0 Å². The summed E-state index contributed by atoms with van der Waals surface area (Å²) < 4.78 is 15.9. The van der Waals surface area contributed by atoms with E-state index in [2.05, 4.69) is 10.6 Å². The van der Waals surface area contributed by atoms with Crippen LogP contribution >= 0.6 is 0 Å². The van der Waals surface area contributed by atoms with Crippen molar-refractivity contribution in [3.63, 3.8) is 0 Å². The van der Waals surface area contributed by atoms with Gasteiger partial charge in [0, 0.05) is 11.8 Å². The minimum atomic E-state index is -1.14. The second-order valence-electron chi connectivity index (χ2n) is 6.12. The molecule has 1 aliphatic heterocycles. The molecule has 0 spiro atoms. The van der Waals surface area contributed by atoms with Gasteiger partial charge in [0.05, 0.1) is 0 Å². The van der Waals surface area contributed by atoms with Gasteiger partial charge < -0.3 is 19.5 Å². The van der Waals surface area contributed by atoms with Crippen molar-refractivity contribution < 1.29 is 28.6 Å². The Morgan fingerprint density at radius 1 is 1.03 bits per heavy atom. The lowest BCUT2D eigenvalue weighted by Crippen LogP contribution is -2.41. The second kappa shape index (κ2) is 9.41. The lowest BCUT2D eigenvalue weighted by Gasteiger charge is -2.18. The maximum atomic E-state index is 12.0. The molecule has 3 rings (SSSR count). The first-order chi connectivity index (χ1) is 14.0. The summed E-state index contributed by atoms with van der Waals surface area (Å²) in [5, 5.41) is 4.63. The molecule has 1 atom stereocenters. The Morgan fingerprint density at radius 2 is 1.76 bits per heavy atom. The largest absolute Gasteiger partial charge is 0.486 e. The molecule has 3 amide bonds. The molecule has 0 radical (unpaired) electrons. The quantitative estimate of drug-likeness (QED) is 0.595. The number of benzene rings is 2. The smallest absolute Gasteiger partial charge is 0.331 e. The van der Waals surface area contributed by atoms with Gasteiger partial charge in [-0.05, 0) is 42.8 Å². The van der Waals surface area contributed by atoms with Gasteiger partial charge in [-0.15, -0.1) is 0 Å². The Morgan fingerprint density at radius 3 is 2.52 bits per heavy atom. The summed E-state index contributed by atoms with van der Waals surface area (Å²) in [7, 11) is 0. The van der Waals surface area contributed by atoms with Crippen LogP contribution in [0.3, 0.4) is 0 Å². The van der Waals surface area contributed by atoms with Gasteiger partial charge in [0.15, 0.2) is 17.6 Å². The number of anilines is 1. The molecule has 2 aromatic carbocycles. The fourth-order valence-corrected chi connectivity index (χ4v) is 2.49. The number of urea groups is 1. The first kappa shape index (κ1) is 19.9. The number of hydrogen-bond acceptors (Lipinski definition) is 6. The number of rotatable bonds is 5. The molecular weight excluding hydrogens is 376 g/mol. The van der Waals surface area contributed by atoms with Crippen molar-refractivity contribution in [3.05, 3.63) is 60.2 Å². The van der Waals surface area contributed by atoms with Crippen LogP contribution in [0.4, 0.5) is 10.5 Å². The first-order valence-electron chi connectivity index (χ1n) is 8.96. The second-order valence-corrected chi connectivity index (χ2v) is 6.12. The molecule has 0 aliphatic carbocycles. The molecule has 150 valence electrons. The molecule has 1 aliphatic rings. The third-order valence-electron chi connectivity index (χ3n) is 3.91. The average Bonchev–Trinajstić information content (AvgIpc) is 2.72. The molecule has 0 fully saturated rings. The molecule has 0 aromatic heterocycles. The zero-order valence-electron chi connectivity index (χ0n) is 15.7. The van der Waals surface area contributed by atoms with E-state index in [0.717, 1.165) is 0 Å². The predicted molar refractivity (Wildman–Crippen MR) is 106 cm³/mol. The van der Waals surface area contributed by atoms with Gasteiger partial charge in [-0.1, -0.05) is 24.3 Å². The van der Waals surface area contributed by atoms with Gasteiger partial charge in [0.1, 0.15) is 13.2 Å². The fourth-order valence-electron chi connectivity index (χ4n) is 2.49. The van der Waals surface area contributed by atoms with Crippen LogP contribution < -0.4 is 20.1 Å². The third kappa shape index (κ3) is 5.83. The lowest BCUT2D eigenvalue weighted by atomic mass is 10.2. The maximum absolute atomic E-state index is 12.0. The van der Waals surface area contributed by atoms with E-state index in [1.165, 1.54) is 19.1 Å². The van der Waals surface area contributed by atoms with Crippen LogP contribution in [0.15, 0.2) is 54.6 Å². The Labute approximate surface area is 167 Å². The van der Waals surface area contributed by atoms with E-state index in [9.17, 15) is 14.4 Å². The highest BCUT2D eigenvalue weighted by Crippen LogP contribution is 2.31. The monoisotopic (exact) mass is 396 g/mol. The highest BCUT2D eigenvalue weighted by Gasteiger charge is 2.19. The van der Waals surface area contributed by atoms with Crippen LogP contribution in [0.2, 0.25) is 0 Å². The Kier molecular flexibility index (Phi) is 6.47. The molecule has 1 unspecified atom stereocenters. The zero-order valence-corrected chi connectivity index (χ0v) is 15.7. The van der Waals surface area contributed by atoms with Crippen LogP contribution in [0.1, 0.15) is 12.5 Å². The minimum Gasteiger partial charge on any atom is -0.486 e. The number of amides is 3. The van der Waals surface area contributed by atoms with E-state index in [4.69, 9.17) is 14.2 Å². The third-order valence-corrected chi connectivity index (χ3v) is 3.91. The Bertz CT molecular complexity index is 926. The number of hydrogen-bond donors (Lipinski definition) is 2. The number of ether oxygens (including phenoxy) is 3. The Hall–Kier alpha value is -3.81. The molecule has 0 bridgehead atoms. The summed E-state index contributed by atoms with van der Waals surface area (Å²) in [5.41, 5.74) is 1.25. The van der Waals surface area contributed by atoms with E-state index in [-0.39, 0.29) is 0 Å². The van der Waals surface area contributed by atoms with Crippen LogP contribution in [-0.4, -0.2) is 37.2 Å². The van der Waals surface area contributed by atoms with Crippen molar-refractivity contribution >= 4 is 29.7 Å². The maximum Gasteiger partial charge on any atom is 0.331 e. The minimum absolute atomic E-state index is 0.465. The van der Waals surface area contributed by atoms with Gasteiger partial charge in [-0.3, -0.25) is 10.1 Å². The molecular formula is C21H20N2O6. The molecule has 0 saturated carbocycles. The van der Waals surface area contributed by atoms with Crippen LogP contribution in [0.25, 0.3) is 6.08 Å². The SMILES string of the molecule is CC(OC(=O)/C=C/c1ccc2c(c1)OCCO2)C(=O)NC(=O)Nc1ccccc1. The van der Waals surface area contributed by atoms with Gasteiger partial charge in [-0.25, -0.2) is 9.59 Å². The normalized spacial score (nSPS) is 13.4. The van der Waals surface area contributed by atoms with Crippen LogP contribution in [0, 0.1) is 0 Å². The zero-order chi connectivity index (χ0) is 20.6. The molecule has 8 nitrogen and oxygen atoms in total. The van der Waals surface area contributed by atoms with Crippen molar-refractivity contribution in [3.8, 4) is 11.5 Å². The highest BCUT2D eigenvalue weighted by atomic mass is 16.6. The molecule has 29 heavy (non-hydrogen) atoms. The van der Waals surface area contributed by atoms with Gasteiger partial charge in [0.2, 0.25) is 0 Å². The summed E-state index contributed by atoms with van der Waals surface area (Å²) in [6.07, 6.45) is 1.58. The number of imide groups is 1. The number of carbonyl (C=O) groups is 3. The number of nitrogens with one attached hydrogen (secondary N) is 2. The van der Waals surface area contributed by atoms with E-state index in [1.807, 2.05) is 0 Å². The van der Waals surface area contributed by atoms with Gasteiger partial charge in [0.25, 0.3) is 5.91 Å². The number of para-hydroxylation sites is 1. The van der Waals surface area contributed by atoms with Crippen molar-refractivity contribution in [1.82, 2.24) is 5.32 Å². The van der Waals surface area contributed by atoms with Gasteiger partial charge in [-0.2, -0.15) is 0 Å². The lowest BCUT2D eigenvalue weighted by molar-refractivity contribution is -0.149. The van der Waals surface area contributed by atoms with Gasteiger partial charge >= 0.3 is 12.0 Å². The van der Waals surface area contributed by atoms with Crippen LogP contribution in [-0.2, 0) is 14.3 Å². The van der Waals surface area contributed by atoms with E-state index < -0.39 is 24.0 Å². The summed E-state index contributed by atoms with van der Waals surface area (Å²) >= 11 is 0. The fraction of sp³-hybridized carbons (Fsp3) is 0.190. The number of esters is 1. The first-order valence-corrected chi connectivity index (χ1v) is 8.96. The summed E-state index contributed by atoms with van der Waals surface area (Å²) in [5.74, 6) is -0.204. The van der Waals surface area contributed by atoms with Crippen molar-refractivity contribution in [1.29, 1.82) is 0 Å². The van der Waals surface area contributed by atoms with E-state index >= 15 is 0 Å². The predicted octanol–water partition coefficient (Wildman–Crippen LogP) is 2.75. The van der Waals surface area contributed by atoms with E-state index in [0.29, 0.717) is 36.0 Å². The number of carbonyl (C=O) groups excluding carboxylic acids is 3. The molecule has 8 heteroatoms. The van der Waals surface area contributed by atoms with Crippen molar-refractivity contribution in [2.24, 2.45) is 0 Å². The molecule has 2 aromatic rings. The topological polar surface area (TPSA) is 103 Å². The summed E-state index contributed by atoms with van der Waals surface area (Å²) in [6, 6.07) is 13.2. The molecule has 0 saturated heterocycles. The highest BCUT2D eigenvalue weighted by molar-refractivity contribution is 6.03. The molecule has 2 N–H and O–H groups in total. The summed E-state index contributed by atoms with van der Waals surface area (Å²) in [4.78, 5) is 35.8.